The highest BCUT2D eigenvalue weighted by Gasteiger charge is 2.28. The Hall–Kier alpha value is -1.14. The molecule has 0 aromatic rings. The van der Waals surface area contributed by atoms with E-state index in [-0.39, 0.29) is 25.0 Å². The number of aliphatic carboxylic acids is 1. The number of hydrogen-bond acceptors (Lipinski definition) is 4. The van der Waals surface area contributed by atoms with Gasteiger partial charge in [-0.05, 0) is 26.2 Å². The summed E-state index contributed by atoms with van der Waals surface area (Å²) in [6.07, 6.45) is 1.77. The molecule has 0 radical (unpaired) electrons. The van der Waals surface area contributed by atoms with Gasteiger partial charge in [0.15, 0.2) is 0 Å². The van der Waals surface area contributed by atoms with Crippen molar-refractivity contribution < 1.29 is 19.8 Å². The first kappa shape index (κ1) is 15.9. The van der Waals surface area contributed by atoms with E-state index in [4.69, 9.17) is 5.11 Å². The number of nitrogens with one attached hydrogen (secondary N) is 1. The predicted molar refractivity (Wildman–Crippen MR) is 70.7 cm³/mol. The maximum Gasteiger partial charge on any atom is 0.306 e. The molecule has 0 aromatic heterocycles. The molecule has 1 fully saturated rings. The molecule has 3 N–H and O–H groups in total. The van der Waals surface area contributed by atoms with Crippen molar-refractivity contribution in [2.24, 2.45) is 5.92 Å². The standard InChI is InChI=1S/C13H24N2O4/c1-3-13(2,9-16)14-8-11(17)15-6-4-10(5-7-15)12(18)19/h10,14,16H,3-9H2,1-2H3,(H,18,19). The van der Waals surface area contributed by atoms with E-state index in [2.05, 4.69) is 5.32 Å². The summed E-state index contributed by atoms with van der Waals surface area (Å²) < 4.78 is 0. The van der Waals surface area contributed by atoms with Crippen molar-refractivity contribution in [1.29, 1.82) is 0 Å². The van der Waals surface area contributed by atoms with Gasteiger partial charge in [-0.3, -0.25) is 9.59 Å². The molecule has 1 amide bonds. The van der Waals surface area contributed by atoms with E-state index in [9.17, 15) is 14.7 Å². The molecule has 6 heteroatoms. The third-order valence-corrected chi connectivity index (χ3v) is 3.99. The first-order valence-electron chi connectivity index (χ1n) is 6.78. The van der Waals surface area contributed by atoms with Gasteiger partial charge in [0.2, 0.25) is 5.91 Å². The number of carboxylic acids is 1. The van der Waals surface area contributed by atoms with Crippen LogP contribution in [-0.4, -0.2) is 58.8 Å². The second-order valence-electron chi connectivity index (χ2n) is 5.42. The van der Waals surface area contributed by atoms with Gasteiger partial charge in [0, 0.05) is 18.6 Å². The maximum absolute atomic E-state index is 12.0. The third kappa shape index (κ3) is 4.47. The van der Waals surface area contributed by atoms with Crippen LogP contribution in [0.2, 0.25) is 0 Å². The van der Waals surface area contributed by atoms with Crippen molar-refractivity contribution in [3.63, 3.8) is 0 Å². The van der Waals surface area contributed by atoms with Gasteiger partial charge in [0.05, 0.1) is 19.1 Å². The number of aliphatic hydroxyl groups excluding tert-OH is 1. The second kappa shape index (κ2) is 6.86. The summed E-state index contributed by atoms with van der Waals surface area (Å²) >= 11 is 0. The summed E-state index contributed by atoms with van der Waals surface area (Å²) in [4.78, 5) is 24.5. The fraction of sp³-hybridized carbons (Fsp3) is 0.846. The molecule has 19 heavy (non-hydrogen) atoms. The van der Waals surface area contributed by atoms with Crippen LogP contribution in [0.5, 0.6) is 0 Å². The van der Waals surface area contributed by atoms with Crippen LogP contribution in [0.1, 0.15) is 33.1 Å². The Labute approximate surface area is 113 Å². The molecule has 110 valence electrons. The quantitative estimate of drug-likeness (QED) is 0.636. The topological polar surface area (TPSA) is 89.9 Å². The molecular weight excluding hydrogens is 248 g/mol. The average molecular weight is 272 g/mol. The summed E-state index contributed by atoms with van der Waals surface area (Å²) in [5, 5.41) is 21.2. The van der Waals surface area contributed by atoms with Gasteiger partial charge in [-0.2, -0.15) is 0 Å². The SMILES string of the molecule is CCC(C)(CO)NCC(=O)N1CCC(C(=O)O)CC1. The van der Waals surface area contributed by atoms with E-state index in [1.807, 2.05) is 13.8 Å². The minimum atomic E-state index is -0.774. The molecule has 1 aliphatic heterocycles. The Morgan fingerprint density at radius 3 is 2.37 bits per heavy atom. The Morgan fingerprint density at radius 1 is 1.37 bits per heavy atom. The molecule has 0 bridgehead atoms. The van der Waals surface area contributed by atoms with Crippen LogP contribution < -0.4 is 5.32 Å². The number of carbonyl (C=O) groups excluding carboxylic acids is 1. The van der Waals surface area contributed by atoms with Gasteiger partial charge in [-0.25, -0.2) is 0 Å². The number of carboxylic acid groups (broad SMARTS) is 1. The fourth-order valence-electron chi connectivity index (χ4n) is 2.07. The number of nitrogens with zero attached hydrogens (tertiary/aromatic N) is 1. The largest absolute Gasteiger partial charge is 0.481 e. The normalized spacial score (nSPS) is 20.1. The Bertz CT molecular complexity index is 321. The molecule has 1 heterocycles. The number of amides is 1. The van der Waals surface area contributed by atoms with Crippen LogP contribution >= 0.6 is 0 Å². The zero-order valence-electron chi connectivity index (χ0n) is 11.7. The Morgan fingerprint density at radius 2 is 1.95 bits per heavy atom. The average Bonchev–Trinajstić information content (AvgIpc) is 2.44. The van der Waals surface area contributed by atoms with Crippen molar-refractivity contribution in [3.05, 3.63) is 0 Å². The number of carbonyl (C=O) groups is 2. The van der Waals surface area contributed by atoms with Crippen molar-refractivity contribution in [1.82, 2.24) is 10.2 Å². The van der Waals surface area contributed by atoms with Crippen LogP contribution in [0.4, 0.5) is 0 Å². The highest BCUT2D eigenvalue weighted by Crippen LogP contribution is 2.17. The highest BCUT2D eigenvalue weighted by atomic mass is 16.4. The number of piperidine rings is 1. The monoisotopic (exact) mass is 272 g/mol. The Kier molecular flexibility index (Phi) is 5.75. The number of hydrogen-bond donors (Lipinski definition) is 3. The molecule has 0 aromatic carbocycles. The second-order valence-corrected chi connectivity index (χ2v) is 5.42. The fourth-order valence-corrected chi connectivity index (χ4v) is 2.07. The predicted octanol–water partition coefficient (Wildman–Crippen LogP) is 0.0602. The zero-order chi connectivity index (χ0) is 14.5. The Balaban J connectivity index is 2.38. The molecule has 1 atom stereocenters. The van der Waals surface area contributed by atoms with E-state index >= 15 is 0 Å². The van der Waals surface area contributed by atoms with Crippen molar-refractivity contribution in [3.8, 4) is 0 Å². The molecular formula is C13H24N2O4. The smallest absolute Gasteiger partial charge is 0.306 e. The minimum Gasteiger partial charge on any atom is -0.481 e. The summed E-state index contributed by atoms with van der Waals surface area (Å²) in [5.41, 5.74) is -0.435. The van der Waals surface area contributed by atoms with E-state index in [1.54, 1.807) is 4.90 Å². The number of likely N-dealkylation sites (tertiary alicyclic amines) is 1. The lowest BCUT2D eigenvalue weighted by Gasteiger charge is -2.32. The summed E-state index contributed by atoms with van der Waals surface area (Å²) in [6, 6.07) is 0. The van der Waals surface area contributed by atoms with E-state index in [0.29, 0.717) is 25.9 Å². The van der Waals surface area contributed by atoms with Gasteiger partial charge >= 0.3 is 5.97 Å². The van der Waals surface area contributed by atoms with Gasteiger partial charge in [0.25, 0.3) is 0 Å². The molecule has 0 aliphatic carbocycles. The van der Waals surface area contributed by atoms with Gasteiger partial charge in [-0.15, -0.1) is 0 Å². The molecule has 1 saturated heterocycles. The van der Waals surface area contributed by atoms with E-state index in [0.717, 1.165) is 6.42 Å². The van der Waals surface area contributed by atoms with Crippen LogP contribution in [0, 0.1) is 5.92 Å². The molecule has 6 nitrogen and oxygen atoms in total. The third-order valence-electron chi connectivity index (χ3n) is 3.99. The van der Waals surface area contributed by atoms with Gasteiger partial charge in [-0.1, -0.05) is 6.92 Å². The van der Waals surface area contributed by atoms with Crippen LogP contribution in [0.25, 0.3) is 0 Å². The zero-order valence-corrected chi connectivity index (χ0v) is 11.7. The minimum absolute atomic E-state index is 0.0160. The maximum atomic E-state index is 12.0. The summed E-state index contributed by atoms with van der Waals surface area (Å²) in [5.74, 6) is -1.13. The van der Waals surface area contributed by atoms with Crippen LogP contribution in [0.3, 0.4) is 0 Å². The first-order chi connectivity index (χ1) is 8.91. The lowest BCUT2D eigenvalue weighted by atomic mass is 9.97. The van der Waals surface area contributed by atoms with E-state index in [1.165, 1.54) is 0 Å². The van der Waals surface area contributed by atoms with Crippen LogP contribution in [-0.2, 0) is 9.59 Å². The molecule has 1 aliphatic rings. The number of rotatable bonds is 6. The summed E-state index contributed by atoms with van der Waals surface area (Å²) in [6.45, 7) is 4.99. The molecule has 0 spiro atoms. The summed E-state index contributed by atoms with van der Waals surface area (Å²) in [7, 11) is 0. The lowest BCUT2D eigenvalue weighted by Crippen LogP contribution is -2.51. The molecule has 1 unspecified atom stereocenters. The highest BCUT2D eigenvalue weighted by molar-refractivity contribution is 5.79. The van der Waals surface area contributed by atoms with Gasteiger partial charge in [0.1, 0.15) is 0 Å². The van der Waals surface area contributed by atoms with Crippen molar-refractivity contribution in [2.45, 2.75) is 38.6 Å². The molecule has 1 rings (SSSR count). The number of aliphatic hydroxyl groups is 1. The van der Waals surface area contributed by atoms with Crippen molar-refractivity contribution >= 4 is 11.9 Å². The first-order valence-corrected chi connectivity index (χ1v) is 6.78. The lowest BCUT2D eigenvalue weighted by molar-refractivity contribution is -0.145. The van der Waals surface area contributed by atoms with Gasteiger partial charge < -0.3 is 20.4 Å². The van der Waals surface area contributed by atoms with E-state index < -0.39 is 11.5 Å². The van der Waals surface area contributed by atoms with Crippen LogP contribution in [0.15, 0.2) is 0 Å². The van der Waals surface area contributed by atoms with Crippen molar-refractivity contribution in [2.75, 3.05) is 26.2 Å². The molecule has 0 saturated carbocycles.